The van der Waals surface area contributed by atoms with Crippen molar-refractivity contribution in [2.45, 2.75) is 32.1 Å². The monoisotopic (exact) mass is 616 g/mol. The standard InChI is InChI=1S/C35H44N4O6/c1-37-20-22-39(23-21-37)33(41)15-4-3-9-25-45-32-14-8-6-12-30(32)38(2)35(43)27-16-18-28(19-17-27)36-34(42)29-11-5-7-13-31(29)44-26-10-24-40/h5-8,11-14,16-19,40H,3-4,9-10,15,20-26H2,1-2H3,(H,36,42). The maximum absolute atomic E-state index is 13.4. The number of aliphatic hydroxyl groups is 1. The zero-order valence-corrected chi connectivity index (χ0v) is 26.2. The minimum Gasteiger partial charge on any atom is -0.493 e. The summed E-state index contributed by atoms with van der Waals surface area (Å²) in [4.78, 5) is 44.5. The number of nitrogens with zero attached hydrogens (tertiary/aromatic N) is 3. The van der Waals surface area contributed by atoms with E-state index in [4.69, 9.17) is 14.6 Å². The number of nitrogens with one attached hydrogen (secondary N) is 1. The number of amides is 3. The van der Waals surface area contributed by atoms with Crippen molar-refractivity contribution in [3.8, 4) is 11.5 Å². The number of ether oxygens (including phenoxy) is 2. The molecule has 1 fully saturated rings. The Kier molecular flexibility index (Phi) is 12.8. The Bertz CT molecular complexity index is 1410. The lowest BCUT2D eigenvalue weighted by Crippen LogP contribution is -2.47. The molecule has 10 heteroatoms. The van der Waals surface area contributed by atoms with Crippen LogP contribution in [-0.2, 0) is 4.79 Å². The van der Waals surface area contributed by atoms with Gasteiger partial charge in [-0.3, -0.25) is 14.4 Å². The Balaban J connectivity index is 1.26. The van der Waals surface area contributed by atoms with Crippen LogP contribution in [0.5, 0.6) is 11.5 Å². The van der Waals surface area contributed by atoms with Crippen LogP contribution in [0.1, 0.15) is 52.8 Å². The van der Waals surface area contributed by atoms with E-state index < -0.39 is 0 Å². The van der Waals surface area contributed by atoms with Crippen molar-refractivity contribution in [2.24, 2.45) is 0 Å². The fourth-order valence-corrected chi connectivity index (χ4v) is 5.03. The lowest BCUT2D eigenvalue weighted by Gasteiger charge is -2.32. The SMILES string of the molecule is CN1CCN(C(=O)CCCCCOc2ccccc2N(C)C(=O)c2ccc(NC(=O)c3ccccc3OCCCO)cc2)CC1. The predicted molar refractivity (Wildman–Crippen MR) is 175 cm³/mol. The van der Waals surface area contributed by atoms with Crippen LogP contribution < -0.4 is 19.7 Å². The second-order valence-corrected chi connectivity index (χ2v) is 11.1. The Morgan fingerprint density at radius 3 is 2.18 bits per heavy atom. The highest BCUT2D eigenvalue weighted by molar-refractivity contribution is 6.08. The van der Waals surface area contributed by atoms with Gasteiger partial charge in [0.2, 0.25) is 5.91 Å². The molecule has 3 aromatic carbocycles. The summed E-state index contributed by atoms with van der Waals surface area (Å²) in [5.41, 5.74) is 2.04. The van der Waals surface area contributed by atoms with Crippen LogP contribution in [0.4, 0.5) is 11.4 Å². The van der Waals surface area contributed by atoms with E-state index in [0.717, 1.165) is 45.4 Å². The van der Waals surface area contributed by atoms with E-state index in [1.807, 2.05) is 29.2 Å². The molecule has 0 unspecified atom stereocenters. The molecule has 2 N–H and O–H groups in total. The highest BCUT2D eigenvalue weighted by Gasteiger charge is 2.20. The first kappa shape index (κ1) is 33.5. The summed E-state index contributed by atoms with van der Waals surface area (Å²) < 4.78 is 11.7. The smallest absolute Gasteiger partial charge is 0.259 e. The Morgan fingerprint density at radius 1 is 0.800 bits per heavy atom. The number of carbonyl (C=O) groups excluding carboxylic acids is 3. The number of aliphatic hydroxyl groups excluding tert-OH is 1. The number of piperazine rings is 1. The van der Waals surface area contributed by atoms with Crippen molar-refractivity contribution in [1.29, 1.82) is 0 Å². The van der Waals surface area contributed by atoms with Gasteiger partial charge in [-0.25, -0.2) is 0 Å². The topological polar surface area (TPSA) is 112 Å². The molecule has 45 heavy (non-hydrogen) atoms. The van der Waals surface area contributed by atoms with Crippen molar-refractivity contribution in [3.63, 3.8) is 0 Å². The van der Waals surface area contributed by atoms with Crippen LogP contribution in [0.25, 0.3) is 0 Å². The van der Waals surface area contributed by atoms with E-state index in [1.165, 1.54) is 0 Å². The molecular formula is C35H44N4O6. The molecule has 4 rings (SSSR count). The van der Waals surface area contributed by atoms with Crippen molar-refractivity contribution >= 4 is 29.1 Å². The summed E-state index contributed by atoms with van der Waals surface area (Å²) in [6.45, 7) is 4.28. The quantitative estimate of drug-likeness (QED) is 0.238. The number of hydrogen-bond donors (Lipinski definition) is 2. The number of para-hydroxylation sites is 3. The van der Waals surface area contributed by atoms with Gasteiger partial charge in [-0.15, -0.1) is 0 Å². The number of unbranched alkanes of at least 4 members (excludes halogenated alkanes) is 2. The summed E-state index contributed by atoms with van der Waals surface area (Å²) in [6, 6.07) is 21.1. The molecule has 0 aliphatic carbocycles. The zero-order valence-electron chi connectivity index (χ0n) is 26.2. The molecule has 1 heterocycles. The van der Waals surface area contributed by atoms with E-state index in [1.54, 1.807) is 60.5 Å². The lowest BCUT2D eigenvalue weighted by atomic mass is 10.1. The average Bonchev–Trinajstić information content (AvgIpc) is 3.06. The Morgan fingerprint density at radius 2 is 1.44 bits per heavy atom. The van der Waals surface area contributed by atoms with Gasteiger partial charge in [0.25, 0.3) is 11.8 Å². The van der Waals surface area contributed by atoms with E-state index >= 15 is 0 Å². The fraction of sp³-hybridized carbons (Fsp3) is 0.400. The minimum atomic E-state index is -0.335. The molecule has 240 valence electrons. The zero-order chi connectivity index (χ0) is 32.0. The molecular weight excluding hydrogens is 572 g/mol. The number of rotatable bonds is 15. The van der Waals surface area contributed by atoms with E-state index in [9.17, 15) is 14.4 Å². The van der Waals surface area contributed by atoms with Crippen LogP contribution in [0.15, 0.2) is 72.8 Å². The first-order valence-electron chi connectivity index (χ1n) is 15.6. The van der Waals surface area contributed by atoms with Gasteiger partial charge in [0.15, 0.2) is 0 Å². The largest absolute Gasteiger partial charge is 0.493 e. The van der Waals surface area contributed by atoms with Crippen molar-refractivity contribution in [1.82, 2.24) is 9.80 Å². The molecule has 3 aromatic rings. The van der Waals surface area contributed by atoms with Crippen molar-refractivity contribution < 1.29 is 29.0 Å². The Hall–Kier alpha value is -4.41. The molecule has 1 aliphatic heterocycles. The third-order valence-electron chi connectivity index (χ3n) is 7.76. The molecule has 0 atom stereocenters. The molecule has 1 saturated heterocycles. The number of carbonyl (C=O) groups is 3. The van der Waals surface area contributed by atoms with Crippen LogP contribution in [0.2, 0.25) is 0 Å². The van der Waals surface area contributed by atoms with Gasteiger partial charge >= 0.3 is 0 Å². The number of benzene rings is 3. The Labute approximate surface area is 265 Å². The first-order valence-corrected chi connectivity index (χ1v) is 15.6. The van der Waals surface area contributed by atoms with Crippen LogP contribution in [0, 0.1) is 0 Å². The molecule has 10 nitrogen and oxygen atoms in total. The van der Waals surface area contributed by atoms with Gasteiger partial charge < -0.3 is 34.6 Å². The lowest BCUT2D eigenvalue weighted by molar-refractivity contribution is -0.132. The summed E-state index contributed by atoms with van der Waals surface area (Å²) in [5.74, 6) is 0.738. The molecule has 0 spiro atoms. The van der Waals surface area contributed by atoms with Gasteiger partial charge in [-0.1, -0.05) is 24.3 Å². The number of anilines is 2. The number of hydrogen-bond acceptors (Lipinski definition) is 7. The second-order valence-electron chi connectivity index (χ2n) is 11.1. The first-order chi connectivity index (χ1) is 21.9. The van der Waals surface area contributed by atoms with Gasteiger partial charge in [-0.05, 0) is 74.8 Å². The summed E-state index contributed by atoms with van der Waals surface area (Å²) in [5, 5.41) is 11.9. The molecule has 3 amide bonds. The van der Waals surface area contributed by atoms with Crippen LogP contribution in [0.3, 0.4) is 0 Å². The summed E-state index contributed by atoms with van der Waals surface area (Å²) in [6.07, 6.45) is 3.57. The van der Waals surface area contributed by atoms with Gasteiger partial charge in [0.05, 0.1) is 24.5 Å². The predicted octanol–water partition coefficient (Wildman–Crippen LogP) is 4.69. The minimum absolute atomic E-state index is 0.00901. The second kappa shape index (κ2) is 17.2. The normalized spacial score (nSPS) is 13.3. The fourth-order valence-electron chi connectivity index (χ4n) is 5.03. The molecule has 0 saturated carbocycles. The average molecular weight is 617 g/mol. The maximum atomic E-state index is 13.4. The highest BCUT2D eigenvalue weighted by atomic mass is 16.5. The summed E-state index contributed by atoms with van der Waals surface area (Å²) in [7, 11) is 3.79. The molecule has 0 aromatic heterocycles. The third kappa shape index (κ3) is 9.79. The van der Waals surface area contributed by atoms with Gasteiger partial charge in [0.1, 0.15) is 11.5 Å². The van der Waals surface area contributed by atoms with Crippen LogP contribution in [-0.4, -0.2) is 92.7 Å². The third-order valence-corrected chi connectivity index (χ3v) is 7.76. The maximum Gasteiger partial charge on any atom is 0.259 e. The highest BCUT2D eigenvalue weighted by Crippen LogP contribution is 2.29. The van der Waals surface area contributed by atoms with Gasteiger partial charge in [-0.2, -0.15) is 0 Å². The van der Waals surface area contributed by atoms with E-state index in [2.05, 4.69) is 17.3 Å². The summed E-state index contributed by atoms with van der Waals surface area (Å²) >= 11 is 0. The molecule has 0 bridgehead atoms. The van der Waals surface area contributed by atoms with E-state index in [-0.39, 0.29) is 24.3 Å². The van der Waals surface area contributed by atoms with Crippen LogP contribution >= 0.6 is 0 Å². The van der Waals surface area contributed by atoms with E-state index in [0.29, 0.717) is 60.1 Å². The van der Waals surface area contributed by atoms with Gasteiger partial charge in [0, 0.05) is 63.9 Å². The molecule has 0 radical (unpaired) electrons. The van der Waals surface area contributed by atoms with Crippen molar-refractivity contribution in [3.05, 3.63) is 83.9 Å². The molecule has 1 aliphatic rings. The number of likely N-dealkylation sites (N-methyl/N-ethyl adjacent to an activating group) is 1. The van der Waals surface area contributed by atoms with Crippen molar-refractivity contribution in [2.75, 3.05) is 70.3 Å².